The molecule has 5 heteroatoms. The summed E-state index contributed by atoms with van der Waals surface area (Å²) in [7, 11) is 0. The van der Waals surface area contributed by atoms with Crippen molar-refractivity contribution in [1.82, 2.24) is 9.97 Å². The Morgan fingerprint density at radius 3 is 2.78 bits per heavy atom. The molecule has 0 aliphatic heterocycles. The number of aromatic hydroxyl groups is 1. The first-order valence-corrected chi connectivity index (χ1v) is 6.69. The van der Waals surface area contributed by atoms with Crippen LogP contribution in [0.2, 0.25) is 0 Å². The van der Waals surface area contributed by atoms with Crippen molar-refractivity contribution in [3.63, 3.8) is 0 Å². The average molecular weight is 262 g/mol. The zero-order valence-corrected chi connectivity index (χ0v) is 10.6. The van der Waals surface area contributed by atoms with Gasteiger partial charge in [-0.2, -0.15) is 4.98 Å². The van der Waals surface area contributed by atoms with Gasteiger partial charge >= 0.3 is 0 Å². The van der Waals surface area contributed by atoms with Gasteiger partial charge < -0.3 is 10.1 Å². The molecule has 0 bridgehead atoms. The van der Waals surface area contributed by atoms with Gasteiger partial charge in [-0.1, -0.05) is 42.1 Å². The summed E-state index contributed by atoms with van der Waals surface area (Å²) in [5.74, 6) is 0.616. The predicted octanol–water partition coefficient (Wildman–Crippen LogP) is 2.20. The van der Waals surface area contributed by atoms with Crippen molar-refractivity contribution in [2.24, 2.45) is 0 Å². The number of hydrogen-bond acceptors (Lipinski definition) is 4. The predicted molar refractivity (Wildman–Crippen MR) is 72.0 cm³/mol. The molecule has 18 heavy (non-hydrogen) atoms. The molecule has 1 heterocycles. The molecule has 0 amide bonds. The van der Waals surface area contributed by atoms with Crippen molar-refractivity contribution in [3.05, 3.63) is 52.3 Å². The van der Waals surface area contributed by atoms with Crippen molar-refractivity contribution in [2.45, 2.75) is 18.0 Å². The first kappa shape index (κ1) is 12.7. The van der Waals surface area contributed by atoms with E-state index in [1.54, 1.807) is 0 Å². The van der Waals surface area contributed by atoms with Crippen LogP contribution in [0.4, 0.5) is 0 Å². The van der Waals surface area contributed by atoms with Crippen molar-refractivity contribution < 1.29 is 5.11 Å². The lowest BCUT2D eigenvalue weighted by molar-refractivity contribution is 0.444. The number of aromatic amines is 1. The fraction of sp³-hybridized carbons (Fsp3) is 0.231. The molecule has 2 N–H and O–H groups in total. The monoisotopic (exact) mass is 262 g/mol. The van der Waals surface area contributed by atoms with Crippen LogP contribution in [0.3, 0.4) is 0 Å². The van der Waals surface area contributed by atoms with E-state index in [1.807, 2.05) is 18.2 Å². The Morgan fingerprint density at radius 2 is 2.06 bits per heavy atom. The number of nitrogens with zero attached hydrogens (tertiary/aromatic N) is 1. The third kappa shape index (κ3) is 3.92. The lowest BCUT2D eigenvalue weighted by Gasteiger charge is -2.02. The topological polar surface area (TPSA) is 66.0 Å². The van der Waals surface area contributed by atoms with E-state index in [1.165, 1.54) is 17.3 Å². The van der Waals surface area contributed by atoms with Crippen LogP contribution in [0.15, 0.2) is 46.3 Å². The van der Waals surface area contributed by atoms with Gasteiger partial charge in [0.05, 0.1) is 6.07 Å². The Labute approximate surface area is 109 Å². The second-order valence-electron chi connectivity index (χ2n) is 3.85. The zero-order valence-electron chi connectivity index (χ0n) is 9.80. The standard InChI is InChI=1S/C13H14N2O2S/c16-11-9-12(17)15-13(14-11)18-8-4-7-10-5-2-1-3-6-10/h1-3,5-6,9H,4,7-8H2,(H2,14,15,16,17). The second-order valence-corrected chi connectivity index (χ2v) is 4.93. The minimum Gasteiger partial charge on any atom is -0.493 e. The minimum absolute atomic E-state index is 0.232. The minimum atomic E-state index is -0.326. The summed E-state index contributed by atoms with van der Waals surface area (Å²) >= 11 is 1.44. The fourth-order valence-electron chi connectivity index (χ4n) is 1.58. The Morgan fingerprint density at radius 1 is 1.28 bits per heavy atom. The van der Waals surface area contributed by atoms with Gasteiger partial charge in [0, 0.05) is 5.75 Å². The molecule has 0 saturated heterocycles. The van der Waals surface area contributed by atoms with E-state index >= 15 is 0 Å². The molecule has 0 atom stereocenters. The molecule has 0 unspecified atom stereocenters. The fourth-order valence-corrected chi connectivity index (χ4v) is 2.39. The van der Waals surface area contributed by atoms with E-state index in [0.29, 0.717) is 5.16 Å². The molecule has 2 aromatic rings. The van der Waals surface area contributed by atoms with Gasteiger partial charge in [-0.25, -0.2) is 0 Å². The largest absolute Gasteiger partial charge is 0.493 e. The number of H-pyrrole nitrogens is 1. The van der Waals surface area contributed by atoms with Gasteiger partial charge in [-0.15, -0.1) is 0 Å². The van der Waals surface area contributed by atoms with E-state index in [-0.39, 0.29) is 11.4 Å². The van der Waals surface area contributed by atoms with Crippen LogP contribution in [0, 0.1) is 0 Å². The average Bonchev–Trinajstić information content (AvgIpc) is 2.35. The Balaban J connectivity index is 1.80. The number of thioether (sulfide) groups is 1. The van der Waals surface area contributed by atoms with Crippen LogP contribution >= 0.6 is 11.8 Å². The molecule has 94 valence electrons. The highest BCUT2D eigenvalue weighted by atomic mass is 32.2. The first-order valence-electron chi connectivity index (χ1n) is 5.71. The van der Waals surface area contributed by atoms with Gasteiger partial charge in [0.2, 0.25) is 5.88 Å². The highest BCUT2D eigenvalue weighted by molar-refractivity contribution is 7.99. The van der Waals surface area contributed by atoms with Gasteiger partial charge in [-0.3, -0.25) is 4.79 Å². The molecule has 1 aromatic carbocycles. The Bertz CT molecular complexity index is 554. The summed E-state index contributed by atoms with van der Waals surface area (Å²) in [4.78, 5) is 17.5. The third-order valence-corrected chi connectivity index (χ3v) is 3.36. The molecule has 1 aromatic heterocycles. The molecule has 0 spiro atoms. The summed E-state index contributed by atoms with van der Waals surface area (Å²) in [6, 6.07) is 11.3. The maximum Gasteiger partial charge on any atom is 0.255 e. The van der Waals surface area contributed by atoms with Crippen molar-refractivity contribution in [3.8, 4) is 5.88 Å². The highest BCUT2D eigenvalue weighted by Crippen LogP contribution is 2.15. The molecule has 0 saturated carbocycles. The molecule has 0 aliphatic rings. The smallest absolute Gasteiger partial charge is 0.255 e. The van der Waals surface area contributed by atoms with Crippen LogP contribution in [0.1, 0.15) is 12.0 Å². The number of aromatic nitrogens is 2. The van der Waals surface area contributed by atoms with Gasteiger partial charge in [0.1, 0.15) is 0 Å². The van der Waals surface area contributed by atoms with Crippen LogP contribution in [0.25, 0.3) is 0 Å². The van der Waals surface area contributed by atoms with Crippen molar-refractivity contribution in [2.75, 3.05) is 5.75 Å². The first-order chi connectivity index (χ1) is 8.74. The van der Waals surface area contributed by atoms with Crippen LogP contribution in [-0.4, -0.2) is 20.8 Å². The molecule has 4 nitrogen and oxygen atoms in total. The second kappa shape index (κ2) is 6.26. The molecule has 0 fully saturated rings. The maximum absolute atomic E-state index is 11.1. The molecular weight excluding hydrogens is 248 g/mol. The highest BCUT2D eigenvalue weighted by Gasteiger charge is 2.00. The third-order valence-electron chi connectivity index (χ3n) is 2.40. The van der Waals surface area contributed by atoms with Crippen LogP contribution < -0.4 is 5.56 Å². The summed E-state index contributed by atoms with van der Waals surface area (Å²) < 4.78 is 0. The lowest BCUT2D eigenvalue weighted by atomic mass is 10.1. The van der Waals surface area contributed by atoms with Crippen molar-refractivity contribution in [1.29, 1.82) is 0 Å². The summed E-state index contributed by atoms with van der Waals surface area (Å²) in [5.41, 5.74) is 0.975. The summed E-state index contributed by atoms with van der Waals surface area (Å²) in [5, 5.41) is 9.65. The van der Waals surface area contributed by atoms with E-state index < -0.39 is 0 Å². The Hall–Kier alpha value is -1.75. The molecule has 0 aliphatic carbocycles. The van der Waals surface area contributed by atoms with E-state index in [2.05, 4.69) is 22.1 Å². The number of aryl methyl sites for hydroxylation is 1. The zero-order chi connectivity index (χ0) is 12.8. The van der Waals surface area contributed by atoms with E-state index in [4.69, 9.17) is 0 Å². The molecule has 2 rings (SSSR count). The van der Waals surface area contributed by atoms with Crippen LogP contribution in [0.5, 0.6) is 5.88 Å². The summed E-state index contributed by atoms with van der Waals surface area (Å²) in [6.45, 7) is 0. The molecular formula is C13H14N2O2S. The number of nitrogens with one attached hydrogen (secondary N) is 1. The lowest BCUT2D eigenvalue weighted by Crippen LogP contribution is -2.06. The van der Waals surface area contributed by atoms with Crippen LogP contribution in [-0.2, 0) is 6.42 Å². The Kier molecular flexibility index (Phi) is 4.41. The quantitative estimate of drug-likeness (QED) is 0.492. The normalized spacial score (nSPS) is 10.4. The van der Waals surface area contributed by atoms with E-state index in [0.717, 1.165) is 24.7 Å². The summed E-state index contributed by atoms with van der Waals surface area (Å²) in [6.07, 6.45) is 1.99. The molecule has 0 radical (unpaired) electrons. The van der Waals surface area contributed by atoms with E-state index in [9.17, 15) is 9.90 Å². The van der Waals surface area contributed by atoms with Crippen molar-refractivity contribution >= 4 is 11.8 Å². The SMILES string of the molecule is O=c1cc(O)nc(SCCCc2ccccc2)[nH]1. The van der Waals surface area contributed by atoms with Gasteiger partial charge in [0.15, 0.2) is 5.16 Å². The number of hydrogen-bond donors (Lipinski definition) is 2. The number of rotatable bonds is 5. The van der Waals surface area contributed by atoms with Gasteiger partial charge in [-0.05, 0) is 18.4 Å². The van der Waals surface area contributed by atoms with Gasteiger partial charge in [0.25, 0.3) is 5.56 Å². The number of benzene rings is 1. The maximum atomic E-state index is 11.1.